The van der Waals surface area contributed by atoms with Crippen molar-refractivity contribution in [2.45, 2.75) is 32.9 Å². The van der Waals surface area contributed by atoms with Gasteiger partial charge in [-0.15, -0.1) is 0 Å². The molecule has 1 fully saturated rings. The minimum Gasteiger partial charge on any atom is -0.441 e. The number of aromatic nitrogens is 1. The Bertz CT molecular complexity index is 942. The molecule has 1 aliphatic heterocycles. The molecule has 134 valence electrons. The molecule has 0 aliphatic carbocycles. The molecule has 1 atom stereocenters. The van der Waals surface area contributed by atoms with Crippen molar-refractivity contribution >= 4 is 16.7 Å². The van der Waals surface area contributed by atoms with E-state index in [9.17, 15) is 4.79 Å². The Morgan fingerprint density at radius 1 is 1.23 bits per heavy atom. The van der Waals surface area contributed by atoms with Crippen LogP contribution < -0.4 is 5.32 Å². The van der Waals surface area contributed by atoms with Crippen LogP contribution in [0.25, 0.3) is 22.2 Å². The van der Waals surface area contributed by atoms with Crippen molar-refractivity contribution in [1.82, 2.24) is 15.2 Å². The lowest BCUT2D eigenvalue weighted by Crippen LogP contribution is -2.54. The van der Waals surface area contributed by atoms with E-state index in [2.05, 4.69) is 28.4 Å². The third-order valence-corrected chi connectivity index (χ3v) is 5.09. The normalized spacial score (nSPS) is 18.2. The van der Waals surface area contributed by atoms with E-state index in [1.807, 2.05) is 38.1 Å². The van der Waals surface area contributed by atoms with Gasteiger partial charge in [0.15, 0.2) is 0 Å². The van der Waals surface area contributed by atoms with Crippen molar-refractivity contribution in [1.29, 1.82) is 0 Å². The van der Waals surface area contributed by atoms with Crippen LogP contribution >= 0.6 is 0 Å². The summed E-state index contributed by atoms with van der Waals surface area (Å²) in [7, 11) is 0. The van der Waals surface area contributed by atoms with E-state index >= 15 is 0 Å². The maximum absolute atomic E-state index is 12.1. The van der Waals surface area contributed by atoms with E-state index in [0.717, 1.165) is 35.4 Å². The Hall–Kier alpha value is -2.66. The topological polar surface area (TPSA) is 58.4 Å². The average molecular weight is 349 g/mol. The van der Waals surface area contributed by atoms with Crippen LogP contribution in [-0.4, -0.2) is 34.9 Å². The van der Waals surface area contributed by atoms with Gasteiger partial charge >= 0.3 is 0 Å². The summed E-state index contributed by atoms with van der Waals surface area (Å²) < 4.78 is 6.01. The first kappa shape index (κ1) is 16.8. The maximum Gasteiger partial charge on any atom is 0.237 e. The number of carbonyl (C=O) groups excluding carboxylic acids is 1. The van der Waals surface area contributed by atoms with E-state index in [0.29, 0.717) is 19.0 Å². The fraction of sp³-hybridized carbons (Fsp3) is 0.333. The van der Waals surface area contributed by atoms with E-state index in [4.69, 9.17) is 9.40 Å². The summed E-state index contributed by atoms with van der Waals surface area (Å²) in [6.45, 7) is 6.14. The number of piperazine rings is 1. The zero-order valence-corrected chi connectivity index (χ0v) is 15.2. The number of hydrogen-bond acceptors (Lipinski definition) is 4. The molecule has 5 nitrogen and oxygen atoms in total. The summed E-state index contributed by atoms with van der Waals surface area (Å²) in [6.07, 6.45) is 0.791. The van der Waals surface area contributed by atoms with Crippen LogP contribution in [-0.2, 0) is 11.3 Å². The number of fused-ring (bicyclic) bond motifs is 1. The van der Waals surface area contributed by atoms with Crippen LogP contribution in [0.3, 0.4) is 0 Å². The highest BCUT2D eigenvalue weighted by molar-refractivity contribution is 5.94. The fourth-order valence-corrected chi connectivity index (χ4v) is 3.69. The molecule has 1 aromatic heterocycles. The number of hydrogen-bond donors (Lipinski definition) is 1. The van der Waals surface area contributed by atoms with E-state index in [1.54, 1.807) is 0 Å². The first-order valence-corrected chi connectivity index (χ1v) is 9.13. The number of nitrogens with one attached hydrogen (secondary N) is 1. The number of rotatable bonds is 4. The van der Waals surface area contributed by atoms with Gasteiger partial charge in [-0.2, -0.15) is 0 Å². The fourth-order valence-electron chi connectivity index (χ4n) is 3.69. The van der Waals surface area contributed by atoms with Crippen LogP contribution in [0.4, 0.5) is 0 Å². The Labute approximate surface area is 153 Å². The smallest absolute Gasteiger partial charge is 0.237 e. The number of oxazole rings is 1. The third kappa shape index (κ3) is 2.99. The first-order chi connectivity index (χ1) is 12.7. The zero-order valence-electron chi connectivity index (χ0n) is 15.2. The molecule has 1 saturated heterocycles. The molecule has 26 heavy (non-hydrogen) atoms. The van der Waals surface area contributed by atoms with E-state index in [-0.39, 0.29) is 11.9 Å². The van der Waals surface area contributed by atoms with Gasteiger partial charge in [-0.05, 0) is 30.2 Å². The summed E-state index contributed by atoms with van der Waals surface area (Å²) in [5, 5.41) is 5.24. The summed E-state index contributed by atoms with van der Waals surface area (Å²) >= 11 is 0. The number of carbonyl (C=O) groups is 1. The minimum absolute atomic E-state index is 0.0964. The molecular weight excluding hydrogens is 326 g/mol. The molecule has 1 N–H and O–H groups in total. The second-order valence-corrected chi connectivity index (χ2v) is 6.73. The van der Waals surface area contributed by atoms with Gasteiger partial charge in [0, 0.05) is 25.2 Å². The standard InChI is InChI=1S/C21H23N3O2/c1-3-19-20(25)22-11-12-24(19)13-18-14(2)26-21(23-18)17-10-6-8-15-7-4-5-9-16(15)17/h4-10,19H,3,11-13H2,1-2H3,(H,22,25). The largest absolute Gasteiger partial charge is 0.441 e. The summed E-state index contributed by atoms with van der Waals surface area (Å²) in [5.74, 6) is 1.56. The van der Waals surface area contributed by atoms with Gasteiger partial charge in [-0.1, -0.05) is 43.3 Å². The third-order valence-electron chi connectivity index (χ3n) is 5.09. The number of aryl methyl sites for hydroxylation is 1. The Kier molecular flexibility index (Phi) is 4.47. The Balaban J connectivity index is 1.66. The molecule has 3 aromatic rings. The molecule has 5 heteroatoms. The lowest BCUT2D eigenvalue weighted by atomic mass is 10.0. The van der Waals surface area contributed by atoms with Crippen LogP contribution in [0.2, 0.25) is 0 Å². The molecule has 0 saturated carbocycles. The number of nitrogens with zero attached hydrogens (tertiary/aromatic N) is 2. The minimum atomic E-state index is -0.0964. The van der Waals surface area contributed by atoms with Crippen molar-refractivity contribution in [2.24, 2.45) is 0 Å². The van der Waals surface area contributed by atoms with Gasteiger partial charge in [-0.25, -0.2) is 4.98 Å². The Morgan fingerprint density at radius 2 is 2.04 bits per heavy atom. The molecule has 0 spiro atoms. The van der Waals surface area contributed by atoms with Gasteiger partial charge in [-0.3, -0.25) is 9.69 Å². The molecule has 2 heterocycles. The number of amides is 1. The molecule has 4 rings (SSSR count). The maximum atomic E-state index is 12.1. The SMILES string of the molecule is CCC1C(=O)NCCN1Cc1nc(-c2cccc3ccccc23)oc1C. The zero-order chi connectivity index (χ0) is 18.1. The van der Waals surface area contributed by atoms with Crippen LogP contribution in [0.1, 0.15) is 24.8 Å². The van der Waals surface area contributed by atoms with Crippen LogP contribution in [0.15, 0.2) is 46.9 Å². The average Bonchev–Trinajstić information content (AvgIpc) is 3.02. The molecule has 1 amide bonds. The summed E-state index contributed by atoms with van der Waals surface area (Å²) in [6, 6.07) is 14.3. The predicted octanol–water partition coefficient (Wildman–Crippen LogP) is 3.51. The lowest BCUT2D eigenvalue weighted by Gasteiger charge is -2.33. The van der Waals surface area contributed by atoms with Crippen molar-refractivity contribution in [3.63, 3.8) is 0 Å². The van der Waals surface area contributed by atoms with Gasteiger partial charge in [0.1, 0.15) is 5.76 Å². The molecule has 0 bridgehead atoms. The monoisotopic (exact) mass is 349 g/mol. The highest BCUT2D eigenvalue weighted by Gasteiger charge is 2.29. The molecule has 1 aliphatic rings. The highest BCUT2D eigenvalue weighted by atomic mass is 16.4. The Morgan fingerprint density at radius 3 is 2.88 bits per heavy atom. The van der Waals surface area contributed by atoms with Gasteiger partial charge in [0.05, 0.1) is 11.7 Å². The van der Waals surface area contributed by atoms with Crippen LogP contribution in [0, 0.1) is 6.92 Å². The molecule has 1 unspecified atom stereocenters. The van der Waals surface area contributed by atoms with Gasteiger partial charge < -0.3 is 9.73 Å². The highest BCUT2D eigenvalue weighted by Crippen LogP contribution is 2.30. The predicted molar refractivity (Wildman–Crippen MR) is 102 cm³/mol. The van der Waals surface area contributed by atoms with Crippen molar-refractivity contribution in [3.8, 4) is 11.5 Å². The van der Waals surface area contributed by atoms with Gasteiger partial charge in [0.25, 0.3) is 0 Å². The second-order valence-electron chi connectivity index (χ2n) is 6.73. The van der Waals surface area contributed by atoms with E-state index in [1.165, 1.54) is 5.39 Å². The molecule has 0 radical (unpaired) electrons. The van der Waals surface area contributed by atoms with Crippen molar-refractivity contribution < 1.29 is 9.21 Å². The summed E-state index contributed by atoms with van der Waals surface area (Å²) in [4.78, 5) is 19.1. The second kappa shape index (κ2) is 6.92. The van der Waals surface area contributed by atoms with Crippen molar-refractivity contribution in [2.75, 3.05) is 13.1 Å². The first-order valence-electron chi connectivity index (χ1n) is 9.13. The van der Waals surface area contributed by atoms with Gasteiger partial charge in [0.2, 0.25) is 11.8 Å². The lowest BCUT2D eigenvalue weighted by molar-refractivity contribution is -0.129. The molecule has 2 aromatic carbocycles. The van der Waals surface area contributed by atoms with E-state index < -0.39 is 0 Å². The quantitative estimate of drug-likeness (QED) is 0.783. The van der Waals surface area contributed by atoms with Crippen LogP contribution in [0.5, 0.6) is 0 Å². The number of benzene rings is 2. The summed E-state index contributed by atoms with van der Waals surface area (Å²) in [5.41, 5.74) is 1.90. The molecular formula is C21H23N3O2. The van der Waals surface area contributed by atoms with Crippen molar-refractivity contribution in [3.05, 3.63) is 53.9 Å².